The molecule has 0 amide bonds. The first-order valence-corrected chi connectivity index (χ1v) is 12.6. The second-order valence-corrected chi connectivity index (χ2v) is 9.53. The van der Waals surface area contributed by atoms with Crippen LogP contribution in [-0.4, -0.2) is 33.0 Å². The highest BCUT2D eigenvalue weighted by atomic mass is 15.0. The predicted octanol–water partition coefficient (Wildman–Crippen LogP) is 5.10. The van der Waals surface area contributed by atoms with Crippen LogP contribution in [-0.2, 0) is 12.8 Å². The van der Waals surface area contributed by atoms with Gasteiger partial charge in [-0.05, 0) is 62.7 Å². The van der Waals surface area contributed by atoms with Crippen LogP contribution in [0.3, 0.4) is 0 Å². The van der Waals surface area contributed by atoms with Crippen molar-refractivity contribution in [1.29, 1.82) is 0 Å². The number of rotatable bonds is 7. The Morgan fingerprint density at radius 2 is 1.06 bits per heavy atom. The van der Waals surface area contributed by atoms with Crippen LogP contribution in [0.15, 0.2) is 60.9 Å². The third-order valence-electron chi connectivity index (χ3n) is 7.18. The number of aromatic nitrogens is 4. The quantitative estimate of drug-likeness (QED) is 0.314. The Bertz CT molecular complexity index is 1110. The van der Waals surface area contributed by atoms with E-state index in [1.165, 1.54) is 35.1 Å². The predicted molar refractivity (Wildman–Crippen MR) is 135 cm³/mol. The lowest BCUT2D eigenvalue weighted by Gasteiger charge is -2.06. The van der Waals surface area contributed by atoms with Crippen LogP contribution in [0.4, 0.5) is 0 Å². The standard InChI is InChI=1S/C28H32N6/c1-3-23(29-15-1)27-31-17-25(33-27)21-11-7-19(8-12-21)5-6-20-9-13-22(14-10-20)26-18-32-28(34-26)24-4-2-16-30-24/h7-14,17-18,23-24,29-30H,1-6,15-16H2,(H,31,33)(H,32,34)/t23-,24-/m0/s1. The molecule has 174 valence electrons. The number of nitrogens with zero attached hydrogens (tertiary/aromatic N) is 2. The van der Waals surface area contributed by atoms with Crippen molar-refractivity contribution in [2.24, 2.45) is 0 Å². The van der Waals surface area contributed by atoms with Crippen LogP contribution in [0, 0.1) is 0 Å². The van der Waals surface area contributed by atoms with Crippen molar-refractivity contribution in [2.45, 2.75) is 50.6 Å². The molecule has 2 aliphatic heterocycles. The van der Waals surface area contributed by atoms with E-state index in [9.17, 15) is 0 Å². The molecule has 34 heavy (non-hydrogen) atoms. The molecule has 4 heterocycles. The molecule has 2 atom stereocenters. The lowest BCUT2D eigenvalue weighted by molar-refractivity contribution is 0.613. The Hall–Kier alpha value is -3.22. The van der Waals surface area contributed by atoms with Crippen molar-refractivity contribution < 1.29 is 0 Å². The minimum Gasteiger partial charge on any atom is -0.347 e. The maximum absolute atomic E-state index is 4.81. The van der Waals surface area contributed by atoms with E-state index in [1.54, 1.807) is 0 Å². The van der Waals surface area contributed by atoms with Crippen LogP contribution in [0.1, 0.15) is 60.5 Å². The van der Waals surface area contributed by atoms with E-state index in [2.05, 4.69) is 69.1 Å². The molecule has 6 heteroatoms. The second-order valence-electron chi connectivity index (χ2n) is 9.53. The molecule has 2 aromatic heterocycles. The van der Waals surface area contributed by atoms with Crippen molar-refractivity contribution >= 4 is 0 Å². The summed E-state index contributed by atoms with van der Waals surface area (Å²) in [5, 5.41) is 7.01. The molecule has 6 nitrogen and oxygen atoms in total. The topological polar surface area (TPSA) is 81.4 Å². The fourth-order valence-electron chi connectivity index (χ4n) is 5.13. The number of imidazole rings is 2. The average molecular weight is 453 g/mol. The van der Waals surface area contributed by atoms with E-state index in [4.69, 9.17) is 9.97 Å². The Labute approximate surface area is 200 Å². The zero-order valence-corrected chi connectivity index (χ0v) is 19.5. The van der Waals surface area contributed by atoms with Crippen molar-refractivity contribution in [2.75, 3.05) is 13.1 Å². The monoisotopic (exact) mass is 452 g/mol. The molecule has 0 bridgehead atoms. The molecule has 2 fully saturated rings. The minimum absolute atomic E-state index is 0.374. The number of hydrogen-bond acceptors (Lipinski definition) is 4. The Morgan fingerprint density at radius 1 is 0.618 bits per heavy atom. The SMILES string of the molecule is c1cc(-c2c[nH]c([C@@H]3CCCN3)n2)ccc1CCc1ccc(-c2c[nH]c([C@@H]3CCCN3)n2)cc1. The maximum Gasteiger partial charge on any atom is 0.124 e. The van der Waals surface area contributed by atoms with Gasteiger partial charge in [0.15, 0.2) is 0 Å². The maximum atomic E-state index is 4.81. The normalized spacial score (nSPS) is 20.2. The Balaban J connectivity index is 1.05. The molecule has 0 unspecified atom stereocenters. The molecule has 4 N–H and O–H groups in total. The van der Waals surface area contributed by atoms with Crippen LogP contribution < -0.4 is 10.6 Å². The summed E-state index contributed by atoms with van der Waals surface area (Å²) >= 11 is 0. The van der Waals surface area contributed by atoms with Gasteiger partial charge in [0.25, 0.3) is 0 Å². The number of benzene rings is 2. The van der Waals surface area contributed by atoms with Gasteiger partial charge in [-0.2, -0.15) is 0 Å². The van der Waals surface area contributed by atoms with E-state index < -0.39 is 0 Å². The molecule has 0 radical (unpaired) electrons. The lowest BCUT2D eigenvalue weighted by atomic mass is 10.0. The molecule has 0 saturated carbocycles. The van der Waals surface area contributed by atoms with Gasteiger partial charge in [-0.3, -0.25) is 0 Å². The van der Waals surface area contributed by atoms with Gasteiger partial charge in [0.2, 0.25) is 0 Å². The summed E-state index contributed by atoms with van der Waals surface area (Å²) in [6.45, 7) is 2.17. The highest BCUT2D eigenvalue weighted by molar-refractivity contribution is 5.60. The fourth-order valence-corrected chi connectivity index (χ4v) is 5.13. The molecular formula is C28H32N6. The zero-order chi connectivity index (χ0) is 22.7. The Kier molecular flexibility index (Phi) is 6.00. The van der Waals surface area contributed by atoms with Gasteiger partial charge >= 0.3 is 0 Å². The first-order valence-electron chi connectivity index (χ1n) is 12.6. The second kappa shape index (κ2) is 9.57. The molecule has 6 rings (SSSR count). The number of aryl methyl sites for hydroxylation is 2. The summed E-state index contributed by atoms with van der Waals surface area (Å²) in [6.07, 6.45) is 10.9. The fraction of sp³-hybridized carbons (Fsp3) is 0.357. The number of H-pyrrole nitrogens is 2. The van der Waals surface area contributed by atoms with Gasteiger partial charge in [-0.1, -0.05) is 48.5 Å². The van der Waals surface area contributed by atoms with Crippen molar-refractivity contribution in [3.8, 4) is 22.5 Å². The van der Waals surface area contributed by atoms with Crippen molar-refractivity contribution in [3.05, 3.63) is 83.7 Å². The highest BCUT2D eigenvalue weighted by Crippen LogP contribution is 2.26. The van der Waals surface area contributed by atoms with E-state index in [0.29, 0.717) is 12.1 Å². The summed E-state index contributed by atoms with van der Waals surface area (Å²) in [5.41, 5.74) is 7.08. The summed E-state index contributed by atoms with van der Waals surface area (Å²) in [5.74, 6) is 2.11. The number of hydrogen-bond donors (Lipinski definition) is 4. The summed E-state index contributed by atoms with van der Waals surface area (Å²) in [6, 6.07) is 18.4. The molecule has 2 aliphatic rings. The average Bonchev–Trinajstić information content (AvgIpc) is 3.70. The molecule has 0 aliphatic carbocycles. The van der Waals surface area contributed by atoms with E-state index in [0.717, 1.165) is 61.8 Å². The van der Waals surface area contributed by atoms with E-state index in [1.807, 2.05) is 12.4 Å². The van der Waals surface area contributed by atoms with Gasteiger partial charge in [-0.25, -0.2) is 9.97 Å². The smallest absolute Gasteiger partial charge is 0.124 e. The van der Waals surface area contributed by atoms with Gasteiger partial charge in [0.05, 0.1) is 23.5 Å². The van der Waals surface area contributed by atoms with E-state index >= 15 is 0 Å². The zero-order valence-electron chi connectivity index (χ0n) is 19.5. The summed E-state index contributed by atoms with van der Waals surface area (Å²) < 4.78 is 0. The first kappa shape index (κ1) is 21.3. The minimum atomic E-state index is 0.374. The molecule has 4 aromatic rings. The first-order chi connectivity index (χ1) is 16.8. The highest BCUT2D eigenvalue weighted by Gasteiger charge is 2.20. The van der Waals surface area contributed by atoms with Gasteiger partial charge in [-0.15, -0.1) is 0 Å². The summed E-state index contributed by atoms with van der Waals surface area (Å²) in [4.78, 5) is 16.3. The number of aromatic amines is 2. The van der Waals surface area contributed by atoms with Crippen molar-refractivity contribution in [1.82, 2.24) is 30.6 Å². The van der Waals surface area contributed by atoms with E-state index in [-0.39, 0.29) is 0 Å². The molecule has 2 aromatic carbocycles. The van der Waals surface area contributed by atoms with Crippen LogP contribution >= 0.6 is 0 Å². The third-order valence-corrected chi connectivity index (χ3v) is 7.18. The largest absolute Gasteiger partial charge is 0.347 e. The van der Waals surface area contributed by atoms with Crippen LogP contribution in [0.5, 0.6) is 0 Å². The lowest BCUT2D eigenvalue weighted by Crippen LogP contribution is -2.14. The number of nitrogens with one attached hydrogen (secondary N) is 4. The third kappa shape index (κ3) is 4.56. The van der Waals surface area contributed by atoms with Gasteiger partial charge < -0.3 is 20.6 Å². The molecule has 2 saturated heterocycles. The molecular weight excluding hydrogens is 420 g/mol. The van der Waals surface area contributed by atoms with Gasteiger partial charge in [0.1, 0.15) is 11.6 Å². The molecule has 0 spiro atoms. The Morgan fingerprint density at radius 3 is 1.44 bits per heavy atom. The van der Waals surface area contributed by atoms with Crippen LogP contribution in [0.25, 0.3) is 22.5 Å². The summed E-state index contributed by atoms with van der Waals surface area (Å²) in [7, 11) is 0. The van der Waals surface area contributed by atoms with Gasteiger partial charge in [0, 0.05) is 23.5 Å². The van der Waals surface area contributed by atoms with Crippen molar-refractivity contribution in [3.63, 3.8) is 0 Å². The van der Waals surface area contributed by atoms with Crippen LogP contribution in [0.2, 0.25) is 0 Å².